The summed E-state index contributed by atoms with van der Waals surface area (Å²) in [5.74, 6) is 0.0225. The number of hydrogen-bond acceptors (Lipinski definition) is 3. The molecule has 0 unspecified atom stereocenters. The third kappa shape index (κ3) is 4.02. The molecule has 1 aliphatic heterocycles. The second kappa shape index (κ2) is 6.75. The first-order valence-corrected chi connectivity index (χ1v) is 9.97. The predicted molar refractivity (Wildman–Crippen MR) is 96.8 cm³/mol. The quantitative estimate of drug-likeness (QED) is 0.831. The predicted octanol–water partition coefficient (Wildman–Crippen LogP) is 1.35. The first-order chi connectivity index (χ1) is 10.6. The van der Waals surface area contributed by atoms with Crippen LogP contribution in [0.2, 0.25) is 0 Å². The highest BCUT2D eigenvalue weighted by Gasteiger charge is 2.20. The van der Waals surface area contributed by atoms with Gasteiger partial charge in [-0.25, -0.2) is 8.42 Å². The number of nitrogens with one attached hydrogen (secondary N) is 1. The van der Waals surface area contributed by atoms with Crippen molar-refractivity contribution in [3.63, 3.8) is 0 Å². The fraction of sp³-hybridized carbons (Fsp3) is 0.438. The average Bonchev–Trinajstić information content (AvgIpc) is 2.90. The zero-order valence-corrected chi connectivity index (χ0v) is 16.1. The van der Waals surface area contributed by atoms with Gasteiger partial charge in [-0.15, -0.1) is 0 Å². The number of sulfonamides is 1. The number of aromatic amines is 1. The van der Waals surface area contributed by atoms with Crippen molar-refractivity contribution in [1.82, 2.24) is 9.29 Å². The SMILES string of the molecule is CC(=O)C(C)=c1[nH]c(C2=CCN(S(C)(=O)=O)CC2)cc1=C(C)Br. The van der Waals surface area contributed by atoms with E-state index >= 15 is 0 Å². The third-order valence-electron chi connectivity index (χ3n) is 4.08. The summed E-state index contributed by atoms with van der Waals surface area (Å²) in [6.45, 7) is 6.14. The number of halogens is 1. The number of H-pyrrole nitrogens is 1. The van der Waals surface area contributed by atoms with Crippen molar-refractivity contribution in [2.45, 2.75) is 27.2 Å². The van der Waals surface area contributed by atoms with Crippen molar-refractivity contribution < 1.29 is 13.2 Å². The second-order valence-corrected chi connectivity index (χ2v) is 8.96. The van der Waals surface area contributed by atoms with Crippen molar-refractivity contribution in [3.05, 3.63) is 28.4 Å². The molecule has 0 bridgehead atoms. The van der Waals surface area contributed by atoms with Gasteiger partial charge in [-0.2, -0.15) is 4.31 Å². The highest BCUT2D eigenvalue weighted by molar-refractivity contribution is 9.14. The van der Waals surface area contributed by atoms with Gasteiger partial charge in [-0.05, 0) is 38.8 Å². The minimum Gasteiger partial charge on any atom is -0.354 e. The number of ketones is 1. The van der Waals surface area contributed by atoms with E-state index in [2.05, 4.69) is 20.9 Å². The first-order valence-electron chi connectivity index (χ1n) is 7.33. The van der Waals surface area contributed by atoms with E-state index in [0.29, 0.717) is 25.1 Å². The summed E-state index contributed by atoms with van der Waals surface area (Å²) >= 11 is 3.49. The Kier molecular flexibility index (Phi) is 5.33. The Balaban J connectivity index is 2.51. The van der Waals surface area contributed by atoms with Crippen molar-refractivity contribution >= 4 is 47.4 Å². The molecule has 0 saturated heterocycles. The molecule has 23 heavy (non-hydrogen) atoms. The van der Waals surface area contributed by atoms with Crippen molar-refractivity contribution in [2.75, 3.05) is 19.3 Å². The van der Waals surface area contributed by atoms with E-state index in [4.69, 9.17) is 0 Å². The Hall–Kier alpha value is -1.18. The molecule has 1 aromatic heterocycles. The molecule has 0 atom stereocenters. The van der Waals surface area contributed by atoms with Crippen LogP contribution in [0.5, 0.6) is 0 Å². The number of Topliss-reactive ketones (excluding diaryl/α,β-unsaturated/α-hetero) is 1. The van der Waals surface area contributed by atoms with Gasteiger partial charge in [0.25, 0.3) is 0 Å². The van der Waals surface area contributed by atoms with Gasteiger partial charge in [0.2, 0.25) is 10.0 Å². The second-order valence-electron chi connectivity index (χ2n) is 5.79. The van der Waals surface area contributed by atoms with Gasteiger partial charge in [0.05, 0.1) is 11.6 Å². The minimum atomic E-state index is -3.15. The molecule has 0 aliphatic carbocycles. The molecule has 0 fully saturated rings. The summed E-state index contributed by atoms with van der Waals surface area (Å²) in [7, 11) is -3.15. The molecule has 0 aromatic carbocycles. The number of nitrogens with zero attached hydrogens (tertiary/aromatic N) is 1. The number of hydrogen-bond donors (Lipinski definition) is 1. The van der Waals surface area contributed by atoms with Gasteiger partial charge in [-0.1, -0.05) is 22.0 Å². The number of rotatable bonds is 3. The summed E-state index contributed by atoms with van der Waals surface area (Å²) in [6.07, 6.45) is 3.80. The molecular formula is C16H21BrN2O3S. The Bertz CT molecular complexity index is 890. The maximum absolute atomic E-state index is 11.7. The smallest absolute Gasteiger partial charge is 0.211 e. The highest BCUT2D eigenvalue weighted by Crippen LogP contribution is 2.21. The molecule has 126 valence electrons. The van der Waals surface area contributed by atoms with Crippen LogP contribution in [-0.4, -0.2) is 42.8 Å². The van der Waals surface area contributed by atoms with Crippen LogP contribution in [0.25, 0.3) is 15.6 Å². The average molecular weight is 401 g/mol. The van der Waals surface area contributed by atoms with E-state index in [0.717, 1.165) is 26.3 Å². The summed E-state index contributed by atoms with van der Waals surface area (Å²) < 4.78 is 25.6. The standard InChI is InChI=1S/C16H21BrN2O3S/c1-10(12(3)20)16-14(11(2)17)9-15(18-16)13-5-7-19(8-6-13)23(4,21)22/h5,9,18H,6-8H2,1-4H3. The van der Waals surface area contributed by atoms with Gasteiger partial charge in [-0.3, -0.25) is 4.79 Å². The van der Waals surface area contributed by atoms with E-state index < -0.39 is 10.0 Å². The largest absolute Gasteiger partial charge is 0.354 e. The zero-order valence-electron chi connectivity index (χ0n) is 13.7. The van der Waals surface area contributed by atoms with Gasteiger partial charge < -0.3 is 4.98 Å². The molecular weight excluding hydrogens is 380 g/mol. The molecule has 0 saturated carbocycles. The van der Waals surface area contributed by atoms with Crippen LogP contribution >= 0.6 is 15.9 Å². The van der Waals surface area contributed by atoms with Crippen LogP contribution < -0.4 is 10.6 Å². The normalized spacial score (nSPS) is 19.3. The minimum absolute atomic E-state index is 0.0225. The van der Waals surface area contributed by atoms with Crippen LogP contribution in [0.4, 0.5) is 0 Å². The lowest BCUT2D eigenvalue weighted by molar-refractivity contribution is -0.112. The molecule has 1 N–H and O–H groups in total. The van der Waals surface area contributed by atoms with E-state index in [1.165, 1.54) is 10.6 Å². The Morgan fingerprint density at radius 2 is 1.96 bits per heavy atom. The van der Waals surface area contributed by atoms with Crippen molar-refractivity contribution in [3.8, 4) is 0 Å². The molecule has 1 aliphatic rings. The Morgan fingerprint density at radius 1 is 1.30 bits per heavy atom. The maximum Gasteiger partial charge on any atom is 0.211 e. The number of aromatic nitrogens is 1. The lowest BCUT2D eigenvalue weighted by atomic mass is 10.1. The van der Waals surface area contributed by atoms with Gasteiger partial charge in [0.1, 0.15) is 0 Å². The number of carbonyl (C=O) groups is 1. The van der Waals surface area contributed by atoms with Crippen molar-refractivity contribution in [1.29, 1.82) is 0 Å². The zero-order chi connectivity index (χ0) is 17.4. The lowest BCUT2D eigenvalue weighted by Gasteiger charge is -2.23. The summed E-state index contributed by atoms with van der Waals surface area (Å²) in [5, 5.41) is 1.77. The van der Waals surface area contributed by atoms with Gasteiger partial charge in [0, 0.05) is 34.1 Å². The molecule has 7 heteroatoms. The molecule has 2 rings (SSSR count). The topological polar surface area (TPSA) is 70.2 Å². The Labute approximate surface area is 144 Å². The molecule has 1 aromatic rings. The van der Waals surface area contributed by atoms with Crippen molar-refractivity contribution in [2.24, 2.45) is 0 Å². The summed E-state index contributed by atoms with van der Waals surface area (Å²) in [4.78, 5) is 15.0. The van der Waals surface area contributed by atoms with E-state index in [1.54, 1.807) is 13.8 Å². The van der Waals surface area contributed by atoms with Crippen LogP contribution in [-0.2, 0) is 14.8 Å². The molecule has 0 amide bonds. The maximum atomic E-state index is 11.7. The van der Waals surface area contributed by atoms with Crippen LogP contribution in [0.15, 0.2) is 12.1 Å². The first kappa shape index (κ1) is 18.2. The van der Waals surface area contributed by atoms with E-state index in [-0.39, 0.29) is 5.78 Å². The van der Waals surface area contributed by atoms with Crippen LogP contribution in [0.1, 0.15) is 32.9 Å². The van der Waals surface area contributed by atoms with E-state index in [1.807, 2.05) is 19.1 Å². The van der Waals surface area contributed by atoms with Crippen LogP contribution in [0, 0.1) is 0 Å². The molecule has 0 radical (unpaired) electrons. The molecule has 0 spiro atoms. The third-order valence-corrected chi connectivity index (χ3v) is 5.78. The molecule has 5 nitrogen and oxygen atoms in total. The van der Waals surface area contributed by atoms with Gasteiger partial charge in [0.15, 0.2) is 5.78 Å². The summed E-state index contributed by atoms with van der Waals surface area (Å²) in [5.41, 5.74) is 2.68. The molecule has 2 heterocycles. The van der Waals surface area contributed by atoms with Crippen LogP contribution in [0.3, 0.4) is 0 Å². The fourth-order valence-electron chi connectivity index (χ4n) is 2.57. The monoisotopic (exact) mass is 400 g/mol. The Morgan fingerprint density at radius 3 is 2.39 bits per heavy atom. The highest BCUT2D eigenvalue weighted by atomic mass is 79.9. The summed E-state index contributed by atoms with van der Waals surface area (Å²) in [6, 6.07) is 2.01. The lowest BCUT2D eigenvalue weighted by Crippen LogP contribution is -2.33. The number of carbonyl (C=O) groups excluding carboxylic acids is 1. The van der Waals surface area contributed by atoms with E-state index in [9.17, 15) is 13.2 Å². The fourth-order valence-corrected chi connectivity index (χ4v) is 3.65. The van der Waals surface area contributed by atoms with Gasteiger partial charge >= 0.3 is 0 Å².